The Kier molecular flexibility index (Phi) is 1.14. The molecule has 0 N–H and O–H groups in total. The van der Waals surface area contributed by atoms with Crippen LogP contribution in [0.15, 0.2) is 24.3 Å². The van der Waals surface area contributed by atoms with Gasteiger partial charge in [-0.1, -0.05) is 24.3 Å². The summed E-state index contributed by atoms with van der Waals surface area (Å²) in [7, 11) is 0. The Morgan fingerprint density at radius 1 is 0.889 bits per heavy atom. The Bertz CT molecular complexity index is 142. The van der Waals surface area contributed by atoms with E-state index in [9.17, 15) is 0 Å². The average molecular weight is 123 g/mol. The maximum absolute atomic E-state index is 5.07. The largest absolute Gasteiger partial charge is 0.337 e. The van der Waals surface area contributed by atoms with Crippen molar-refractivity contribution in [2.24, 2.45) is 0 Å². The number of hydrogen-bond donors (Lipinski definition) is 0. The van der Waals surface area contributed by atoms with Crippen LogP contribution in [0.5, 0.6) is 0 Å². The van der Waals surface area contributed by atoms with E-state index in [4.69, 9.17) is 9.47 Å². The van der Waals surface area contributed by atoms with E-state index in [0.29, 0.717) is 0 Å². The third-order valence-corrected chi connectivity index (χ3v) is 1.46. The van der Waals surface area contributed by atoms with Crippen LogP contribution in [0.4, 0.5) is 0 Å². The molecule has 1 aliphatic heterocycles. The van der Waals surface area contributed by atoms with Crippen LogP contribution in [0.1, 0.15) is 0 Å². The van der Waals surface area contributed by atoms with Crippen LogP contribution in [0.3, 0.4) is 0 Å². The topological polar surface area (TPSA) is 18.5 Å². The molecule has 2 aliphatic rings. The van der Waals surface area contributed by atoms with Gasteiger partial charge in [0.25, 0.3) is 0 Å². The molecule has 2 rings (SSSR count). The number of fused-ring (bicyclic) bond motifs is 1. The van der Waals surface area contributed by atoms with Gasteiger partial charge in [-0.15, -0.1) is 0 Å². The predicted molar refractivity (Wildman–Crippen MR) is 32.3 cm³/mol. The molecule has 0 aromatic heterocycles. The molecule has 9 heavy (non-hydrogen) atoms. The lowest BCUT2D eigenvalue weighted by molar-refractivity contribution is 0.138. The molecule has 1 fully saturated rings. The van der Waals surface area contributed by atoms with E-state index < -0.39 is 0 Å². The van der Waals surface area contributed by atoms with Crippen molar-refractivity contribution in [3.63, 3.8) is 0 Å². The lowest BCUT2D eigenvalue weighted by Gasteiger charge is -2.10. The van der Waals surface area contributed by atoms with Crippen LogP contribution in [-0.2, 0) is 9.47 Å². The molecule has 0 saturated carbocycles. The second-order valence-electron chi connectivity index (χ2n) is 2.07. The molecule has 47 valence electrons. The summed E-state index contributed by atoms with van der Waals surface area (Å²) < 4.78 is 10.1. The number of ether oxygens (including phenoxy) is 2. The molecule has 0 amide bonds. The molecule has 0 bridgehead atoms. The van der Waals surface area contributed by atoms with E-state index in [2.05, 4.69) is 0 Å². The molecule has 1 saturated heterocycles. The fraction of sp³-hybridized carbons (Fsp3) is 0.286. The van der Waals surface area contributed by atoms with E-state index in [-0.39, 0.29) is 12.2 Å². The van der Waals surface area contributed by atoms with E-state index in [1.165, 1.54) is 6.79 Å². The first-order valence-electron chi connectivity index (χ1n) is 2.94. The van der Waals surface area contributed by atoms with E-state index in [1.54, 1.807) is 0 Å². The normalized spacial score (nSPS) is 39.1. The van der Waals surface area contributed by atoms with Crippen LogP contribution in [0.2, 0.25) is 0 Å². The number of allylic oxidation sites excluding steroid dienone is 2. The highest BCUT2D eigenvalue weighted by Gasteiger charge is 2.26. The first kappa shape index (κ1) is 5.21. The molecule has 2 atom stereocenters. The Morgan fingerprint density at radius 2 is 1.44 bits per heavy atom. The van der Waals surface area contributed by atoms with Gasteiger partial charge < -0.3 is 9.47 Å². The predicted octanol–water partition coefficient (Wildman–Crippen LogP) is 1.02. The number of rotatable bonds is 0. The third-order valence-electron chi connectivity index (χ3n) is 1.46. The van der Waals surface area contributed by atoms with Crippen molar-refractivity contribution in [1.29, 1.82) is 0 Å². The second kappa shape index (κ2) is 1.97. The zero-order chi connectivity index (χ0) is 6.10. The Balaban J connectivity index is 2.18. The fourth-order valence-electron chi connectivity index (χ4n) is 0.972. The minimum absolute atomic E-state index is 0.120. The van der Waals surface area contributed by atoms with Crippen molar-refractivity contribution in [2.75, 3.05) is 0 Å². The van der Waals surface area contributed by atoms with Gasteiger partial charge in [0.2, 0.25) is 6.79 Å². The quantitative estimate of drug-likeness (QED) is 0.478. The van der Waals surface area contributed by atoms with E-state index in [0.717, 1.165) is 0 Å². The first-order chi connectivity index (χ1) is 4.47. The van der Waals surface area contributed by atoms with Gasteiger partial charge >= 0.3 is 0 Å². The van der Waals surface area contributed by atoms with Crippen LogP contribution >= 0.6 is 0 Å². The minimum Gasteiger partial charge on any atom is -0.337 e. The highest BCUT2D eigenvalue weighted by Crippen LogP contribution is 2.20. The van der Waals surface area contributed by atoms with Crippen LogP contribution < -0.4 is 0 Å². The molecule has 1 heterocycles. The molecule has 2 nitrogen and oxygen atoms in total. The van der Waals surface area contributed by atoms with E-state index in [1.807, 2.05) is 24.3 Å². The van der Waals surface area contributed by atoms with E-state index >= 15 is 0 Å². The van der Waals surface area contributed by atoms with Gasteiger partial charge in [-0.05, 0) is 0 Å². The molecule has 0 aromatic carbocycles. The molecule has 0 aromatic rings. The smallest absolute Gasteiger partial charge is 0.210 e. The average Bonchev–Trinajstić information content (AvgIpc) is 2.33. The van der Waals surface area contributed by atoms with Crippen molar-refractivity contribution in [1.82, 2.24) is 0 Å². The zero-order valence-electron chi connectivity index (χ0n) is 4.86. The summed E-state index contributed by atoms with van der Waals surface area (Å²) >= 11 is 0. The fourth-order valence-corrected chi connectivity index (χ4v) is 0.972. The molecule has 0 spiro atoms. The van der Waals surface area contributed by atoms with Crippen molar-refractivity contribution < 1.29 is 9.47 Å². The molecule has 2 heteroatoms. The summed E-state index contributed by atoms with van der Waals surface area (Å²) in [6, 6.07) is 0. The number of hydrogen-bond acceptors (Lipinski definition) is 2. The molecule has 2 unspecified atom stereocenters. The van der Waals surface area contributed by atoms with Gasteiger partial charge in [-0.3, -0.25) is 0 Å². The molecule has 1 radical (unpaired) electrons. The molecule has 1 aliphatic carbocycles. The van der Waals surface area contributed by atoms with Gasteiger partial charge in [-0.25, -0.2) is 0 Å². The summed E-state index contributed by atoms with van der Waals surface area (Å²) in [5.41, 5.74) is 0. The first-order valence-corrected chi connectivity index (χ1v) is 2.94. The van der Waals surface area contributed by atoms with Crippen LogP contribution in [-0.4, -0.2) is 12.2 Å². The summed E-state index contributed by atoms with van der Waals surface area (Å²) in [6.45, 7) is 1.40. The van der Waals surface area contributed by atoms with Gasteiger partial charge in [0, 0.05) is 0 Å². The maximum atomic E-state index is 5.07. The Labute approximate surface area is 53.8 Å². The monoisotopic (exact) mass is 123 g/mol. The maximum Gasteiger partial charge on any atom is 0.210 e. The molecular formula is C7H7O2. The summed E-state index contributed by atoms with van der Waals surface area (Å²) in [4.78, 5) is 0. The van der Waals surface area contributed by atoms with Crippen LogP contribution in [0, 0.1) is 6.79 Å². The van der Waals surface area contributed by atoms with Crippen molar-refractivity contribution in [3.8, 4) is 0 Å². The summed E-state index contributed by atoms with van der Waals surface area (Å²) in [5, 5.41) is 0. The lowest BCUT2D eigenvalue weighted by Crippen LogP contribution is -2.18. The zero-order valence-corrected chi connectivity index (χ0v) is 4.86. The van der Waals surface area contributed by atoms with Crippen molar-refractivity contribution in [2.45, 2.75) is 12.2 Å². The standard InChI is InChI=1S/C7H7O2/c1-2-4-7-6(3-1)8-5-9-7/h1-7H. The van der Waals surface area contributed by atoms with Gasteiger partial charge in [0.15, 0.2) is 0 Å². The van der Waals surface area contributed by atoms with Gasteiger partial charge in [-0.2, -0.15) is 0 Å². The molecular weight excluding hydrogens is 116 g/mol. The minimum atomic E-state index is 0.120. The Hall–Kier alpha value is -0.600. The SMILES string of the molecule is [CH]1OC2C=CC=CC2O1. The Morgan fingerprint density at radius 3 is 2.00 bits per heavy atom. The highest BCUT2D eigenvalue weighted by atomic mass is 16.7. The van der Waals surface area contributed by atoms with Gasteiger partial charge in [0.05, 0.1) is 0 Å². The van der Waals surface area contributed by atoms with Crippen molar-refractivity contribution >= 4 is 0 Å². The second-order valence-corrected chi connectivity index (χ2v) is 2.07. The summed E-state index contributed by atoms with van der Waals surface area (Å²) in [5.74, 6) is 0. The third kappa shape index (κ3) is 0.802. The lowest BCUT2D eigenvalue weighted by atomic mass is 10.1. The highest BCUT2D eigenvalue weighted by molar-refractivity contribution is 5.18. The van der Waals surface area contributed by atoms with Gasteiger partial charge in [0.1, 0.15) is 12.2 Å². The summed E-state index contributed by atoms with van der Waals surface area (Å²) in [6.07, 6.45) is 8.13. The van der Waals surface area contributed by atoms with Crippen molar-refractivity contribution in [3.05, 3.63) is 31.1 Å². The van der Waals surface area contributed by atoms with Crippen LogP contribution in [0.25, 0.3) is 0 Å².